The molecule has 1 saturated heterocycles. The number of rotatable bonds is 6. The summed E-state index contributed by atoms with van der Waals surface area (Å²) < 4.78 is 26.8. The lowest BCUT2D eigenvalue weighted by Crippen LogP contribution is -2.50. The van der Waals surface area contributed by atoms with Crippen LogP contribution in [0.3, 0.4) is 0 Å². The normalized spacial score (nSPS) is 17.0. The minimum atomic E-state index is -3.32. The molecule has 2 N–H and O–H groups in total. The summed E-state index contributed by atoms with van der Waals surface area (Å²) in [6, 6.07) is 5.77. The Hall–Kier alpha value is -1.87. The van der Waals surface area contributed by atoms with Gasteiger partial charge in [-0.05, 0) is 39.8 Å². The number of anilines is 1. The number of piperazine rings is 1. The maximum Gasteiger partial charge on any atom is 0.216 e. The number of hydrogen-bond acceptors (Lipinski definition) is 5. The summed E-state index contributed by atoms with van der Waals surface area (Å²) in [6.45, 7) is 11.3. The van der Waals surface area contributed by atoms with Crippen molar-refractivity contribution in [1.82, 2.24) is 19.9 Å². The van der Waals surface area contributed by atoms with Gasteiger partial charge >= 0.3 is 0 Å². The minimum Gasteiger partial charge on any atom is -0.357 e. The second-order valence-electron chi connectivity index (χ2n) is 7.53. The van der Waals surface area contributed by atoms with Crippen LogP contribution in [0.15, 0.2) is 29.4 Å². The summed E-state index contributed by atoms with van der Waals surface area (Å²) >= 11 is 0. The molecular formula is C18H32N6O2S. The molecule has 2 heterocycles. The van der Waals surface area contributed by atoms with E-state index in [4.69, 9.17) is 0 Å². The zero-order valence-electron chi connectivity index (χ0n) is 16.8. The lowest BCUT2D eigenvalue weighted by atomic mass is 10.1. The topological polar surface area (TPSA) is 89.9 Å². The lowest BCUT2D eigenvalue weighted by Gasteiger charge is -2.34. The summed E-state index contributed by atoms with van der Waals surface area (Å²) in [5, 5.41) is 6.41. The van der Waals surface area contributed by atoms with E-state index in [1.54, 1.807) is 10.5 Å². The zero-order valence-corrected chi connectivity index (χ0v) is 17.6. The Balaban J connectivity index is 1.88. The van der Waals surface area contributed by atoms with Gasteiger partial charge in [-0.25, -0.2) is 13.4 Å². The van der Waals surface area contributed by atoms with Gasteiger partial charge in [0.2, 0.25) is 10.0 Å². The monoisotopic (exact) mass is 396 g/mol. The molecule has 8 nitrogen and oxygen atoms in total. The molecule has 0 atom stereocenters. The van der Waals surface area contributed by atoms with Gasteiger partial charge in [0.15, 0.2) is 5.96 Å². The fraction of sp³-hybridized carbons (Fsp3) is 0.667. The molecule has 0 aromatic carbocycles. The molecule has 0 unspecified atom stereocenters. The van der Waals surface area contributed by atoms with Crippen LogP contribution in [0.4, 0.5) is 5.82 Å². The van der Waals surface area contributed by atoms with E-state index < -0.39 is 10.0 Å². The molecule has 27 heavy (non-hydrogen) atoms. The van der Waals surface area contributed by atoms with Gasteiger partial charge in [0.1, 0.15) is 5.82 Å². The smallest absolute Gasteiger partial charge is 0.216 e. The van der Waals surface area contributed by atoms with Crippen LogP contribution < -0.4 is 15.5 Å². The molecule has 0 saturated carbocycles. The van der Waals surface area contributed by atoms with Gasteiger partial charge in [0.05, 0.1) is 12.3 Å². The quantitative estimate of drug-likeness (QED) is 0.548. The van der Waals surface area contributed by atoms with Crippen LogP contribution in [0.2, 0.25) is 0 Å². The molecule has 1 aliphatic rings. The third-order valence-electron chi connectivity index (χ3n) is 4.06. The highest BCUT2D eigenvalue weighted by Gasteiger charge is 2.27. The highest BCUT2D eigenvalue weighted by molar-refractivity contribution is 7.89. The lowest BCUT2D eigenvalue weighted by molar-refractivity contribution is 0.384. The first-order valence-electron chi connectivity index (χ1n) is 9.41. The molecule has 0 aliphatic carbocycles. The summed E-state index contributed by atoms with van der Waals surface area (Å²) in [4.78, 5) is 10.9. The fourth-order valence-corrected chi connectivity index (χ4v) is 4.10. The van der Waals surface area contributed by atoms with Crippen molar-refractivity contribution in [2.45, 2.75) is 33.2 Å². The minimum absolute atomic E-state index is 0.0112. The Kier molecular flexibility index (Phi) is 7.43. The Labute approximate surface area is 163 Å². The van der Waals surface area contributed by atoms with Crippen molar-refractivity contribution < 1.29 is 8.42 Å². The van der Waals surface area contributed by atoms with Crippen molar-refractivity contribution in [3.63, 3.8) is 0 Å². The second kappa shape index (κ2) is 9.36. The zero-order chi connectivity index (χ0) is 19.9. The van der Waals surface area contributed by atoms with E-state index in [0.717, 1.165) is 12.4 Å². The summed E-state index contributed by atoms with van der Waals surface area (Å²) in [5.41, 5.74) is -0.137. The summed E-state index contributed by atoms with van der Waals surface area (Å²) in [6.07, 6.45) is 1.75. The van der Waals surface area contributed by atoms with Crippen LogP contribution in [-0.4, -0.2) is 74.2 Å². The number of aliphatic imine (C=N–C) groups is 1. The van der Waals surface area contributed by atoms with Crippen LogP contribution in [0, 0.1) is 0 Å². The van der Waals surface area contributed by atoms with Gasteiger partial charge in [-0.3, -0.25) is 4.99 Å². The number of pyridine rings is 1. The van der Waals surface area contributed by atoms with Crippen LogP contribution in [0.5, 0.6) is 0 Å². The van der Waals surface area contributed by atoms with Crippen LogP contribution >= 0.6 is 0 Å². The number of sulfonamides is 1. The Bertz CT molecular complexity index is 707. The largest absolute Gasteiger partial charge is 0.357 e. The molecule has 0 spiro atoms. The highest BCUT2D eigenvalue weighted by atomic mass is 32.2. The van der Waals surface area contributed by atoms with Gasteiger partial charge in [0.25, 0.3) is 0 Å². The van der Waals surface area contributed by atoms with Crippen molar-refractivity contribution in [2.75, 3.05) is 49.9 Å². The van der Waals surface area contributed by atoms with Gasteiger partial charge in [-0.15, -0.1) is 0 Å². The number of nitrogens with one attached hydrogen (secondary N) is 2. The molecule has 1 aromatic heterocycles. The standard InChI is InChI=1S/C18H32N6O2S/c1-5-19-17(22-18(2,3)4)21-10-15-27(25,26)24-13-11-23(12-14-24)16-8-6-7-9-20-16/h6-9H,5,10-15H2,1-4H3,(H2,19,21,22). The second-order valence-corrected chi connectivity index (χ2v) is 9.61. The Morgan fingerprint density at radius 1 is 1.22 bits per heavy atom. The van der Waals surface area contributed by atoms with E-state index in [2.05, 4.69) is 25.5 Å². The van der Waals surface area contributed by atoms with Gasteiger partial charge < -0.3 is 15.5 Å². The van der Waals surface area contributed by atoms with Crippen LogP contribution in [0.1, 0.15) is 27.7 Å². The van der Waals surface area contributed by atoms with Crippen LogP contribution in [0.25, 0.3) is 0 Å². The highest BCUT2D eigenvalue weighted by Crippen LogP contribution is 2.14. The first kappa shape index (κ1) is 21.4. The predicted molar refractivity (Wildman–Crippen MR) is 111 cm³/mol. The fourth-order valence-electron chi connectivity index (χ4n) is 2.80. The SMILES string of the molecule is CCNC(=NCCS(=O)(=O)N1CCN(c2ccccn2)CC1)NC(C)(C)C. The van der Waals surface area contributed by atoms with Crippen molar-refractivity contribution in [3.05, 3.63) is 24.4 Å². The van der Waals surface area contributed by atoms with Crippen molar-refractivity contribution >= 4 is 21.8 Å². The van der Waals surface area contributed by atoms with E-state index in [1.165, 1.54) is 0 Å². The molecule has 0 radical (unpaired) electrons. The average Bonchev–Trinajstić information content (AvgIpc) is 2.61. The van der Waals surface area contributed by atoms with E-state index in [9.17, 15) is 8.42 Å². The first-order valence-corrected chi connectivity index (χ1v) is 11.0. The van der Waals surface area contributed by atoms with Crippen molar-refractivity contribution in [3.8, 4) is 0 Å². The molecule has 2 rings (SSSR count). The molecule has 9 heteroatoms. The molecule has 1 fully saturated rings. The third-order valence-corrected chi connectivity index (χ3v) is 5.91. The molecule has 1 aliphatic heterocycles. The van der Waals surface area contributed by atoms with E-state index in [0.29, 0.717) is 32.1 Å². The molecule has 152 valence electrons. The maximum atomic E-state index is 12.6. The molecule has 0 amide bonds. The number of guanidine groups is 1. The van der Waals surface area contributed by atoms with Gasteiger partial charge in [0, 0.05) is 44.5 Å². The molecule has 1 aromatic rings. The number of hydrogen-bond donors (Lipinski definition) is 2. The average molecular weight is 397 g/mol. The van der Waals surface area contributed by atoms with Gasteiger partial charge in [-0.1, -0.05) is 6.07 Å². The van der Waals surface area contributed by atoms with Crippen LogP contribution in [-0.2, 0) is 10.0 Å². The van der Waals surface area contributed by atoms with E-state index in [-0.39, 0.29) is 17.8 Å². The summed E-state index contributed by atoms with van der Waals surface area (Å²) in [7, 11) is -3.32. The molecular weight excluding hydrogens is 364 g/mol. The van der Waals surface area contributed by atoms with E-state index >= 15 is 0 Å². The third kappa shape index (κ3) is 6.99. The van der Waals surface area contributed by atoms with Crippen molar-refractivity contribution in [2.24, 2.45) is 4.99 Å². The molecule has 0 bridgehead atoms. The maximum absolute atomic E-state index is 12.6. The Morgan fingerprint density at radius 2 is 1.93 bits per heavy atom. The predicted octanol–water partition coefficient (Wildman–Crippen LogP) is 0.887. The number of aromatic nitrogens is 1. The Morgan fingerprint density at radius 3 is 2.48 bits per heavy atom. The summed E-state index contributed by atoms with van der Waals surface area (Å²) in [5.74, 6) is 1.54. The van der Waals surface area contributed by atoms with Crippen molar-refractivity contribution in [1.29, 1.82) is 0 Å². The van der Waals surface area contributed by atoms with E-state index in [1.807, 2.05) is 45.9 Å². The first-order chi connectivity index (χ1) is 12.7. The number of nitrogens with zero attached hydrogens (tertiary/aromatic N) is 4. The van der Waals surface area contributed by atoms with Gasteiger partial charge in [-0.2, -0.15) is 4.31 Å².